The number of hydrogen-bond donors (Lipinski definition) is 2. The molecule has 0 bridgehead atoms. The first kappa shape index (κ1) is 13.1. The van der Waals surface area contributed by atoms with E-state index in [-0.39, 0.29) is 11.9 Å². The van der Waals surface area contributed by atoms with Crippen LogP contribution in [0.25, 0.3) is 0 Å². The zero-order chi connectivity index (χ0) is 13.3. The summed E-state index contributed by atoms with van der Waals surface area (Å²) in [5.41, 5.74) is 8.29. The van der Waals surface area contributed by atoms with Crippen LogP contribution in [0.15, 0.2) is 0 Å². The van der Waals surface area contributed by atoms with E-state index in [4.69, 9.17) is 5.73 Å². The minimum atomic E-state index is -0.00132. The summed E-state index contributed by atoms with van der Waals surface area (Å²) in [6.45, 7) is 3.80. The average molecular weight is 250 g/mol. The number of carbonyl (C=O) groups is 1. The molecule has 0 aliphatic heterocycles. The third-order valence-corrected chi connectivity index (χ3v) is 3.84. The van der Waals surface area contributed by atoms with Crippen molar-refractivity contribution >= 4 is 5.91 Å². The zero-order valence-electron chi connectivity index (χ0n) is 11.4. The summed E-state index contributed by atoms with van der Waals surface area (Å²) >= 11 is 0. The molecule has 0 saturated heterocycles. The third-order valence-electron chi connectivity index (χ3n) is 3.84. The fourth-order valence-electron chi connectivity index (χ4n) is 2.62. The van der Waals surface area contributed by atoms with Crippen molar-refractivity contribution in [2.24, 2.45) is 12.8 Å². The number of nitrogens with zero attached hydrogens (tertiary/aromatic N) is 2. The van der Waals surface area contributed by atoms with Crippen LogP contribution >= 0.6 is 0 Å². The van der Waals surface area contributed by atoms with Gasteiger partial charge in [-0.05, 0) is 39.5 Å². The molecule has 3 N–H and O–H groups in total. The molecular weight excluding hydrogens is 228 g/mol. The van der Waals surface area contributed by atoms with Crippen molar-refractivity contribution in [1.29, 1.82) is 0 Å². The lowest BCUT2D eigenvalue weighted by Crippen LogP contribution is -2.40. The van der Waals surface area contributed by atoms with Crippen molar-refractivity contribution in [1.82, 2.24) is 15.1 Å². The van der Waals surface area contributed by atoms with E-state index in [1.54, 1.807) is 4.68 Å². The van der Waals surface area contributed by atoms with Crippen LogP contribution in [0.5, 0.6) is 0 Å². The van der Waals surface area contributed by atoms with Crippen LogP contribution in [-0.2, 0) is 7.05 Å². The Balaban J connectivity index is 2.04. The minimum Gasteiger partial charge on any atom is -0.349 e. The lowest BCUT2D eigenvalue weighted by molar-refractivity contribution is 0.0924. The number of aromatic nitrogens is 2. The molecule has 1 aromatic heterocycles. The highest BCUT2D eigenvalue weighted by molar-refractivity contribution is 5.96. The average Bonchev–Trinajstić information content (AvgIpc) is 2.56. The minimum absolute atomic E-state index is 0.00132. The second-order valence-electron chi connectivity index (χ2n) is 5.25. The lowest BCUT2D eigenvalue weighted by Gasteiger charge is -2.26. The summed E-state index contributed by atoms with van der Waals surface area (Å²) in [5.74, 6) is -0.00132. The van der Waals surface area contributed by atoms with Gasteiger partial charge in [0, 0.05) is 24.8 Å². The molecule has 5 heteroatoms. The second-order valence-corrected chi connectivity index (χ2v) is 5.25. The molecule has 0 spiro atoms. The van der Waals surface area contributed by atoms with Gasteiger partial charge in [-0.3, -0.25) is 9.48 Å². The molecule has 0 atom stereocenters. The summed E-state index contributed by atoms with van der Waals surface area (Å²) in [7, 11) is 1.86. The largest absolute Gasteiger partial charge is 0.349 e. The van der Waals surface area contributed by atoms with E-state index in [9.17, 15) is 4.79 Å². The highest BCUT2D eigenvalue weighted by Crippen LogP contribution is 2.18. The van der Waals surface area contributed by atoms with Gasteiger partial charge in [0.1, 0.15) is 0 Å². The molecule has 1 aromatic rings. The summed E-state index contributed by atoms with van der Waals surface area (Å²) in [6.07, 6.45) is 3.95. The Morgan fingerprint density at radius 2 is 1.94 bits per heavy atom. The normalized spacial score (nSPS) is 24.0. The standard InChI is InChI=1S/C13H22N4O/c1-8-12(9(2)17(3)16-8)13(18)15-11-6-4-10(14)5-7-11/h10-11H,4-7,14H2,1-3H3,(H,15,18). The third kappa shape index (κ3) is 2.56. The molecule has 2 rings (SSSR count). The first-order chi connectivity index (χ1) is 8.49. The van der Waals surface area contributed by atoms with Crippen molar-refractivity contribution in [3.8, 4) is 0 Å². The summed E-state index contributed by atoms with van der Waals surface area (Å²) in [6, 6.07) is 0.566. The Morgan fingerprint density at radius 1 is 1.33 bits per heavy atom. The topological polar surface area (TPSA) is 72.9 Å². The van der Waals surface area contributed by atoms with Gasteiger partial charge in [-0.2, -0.15) is 5.10 Å². The van der Waals surface area contributed by atoms with Crippen molar-refractivity contribution in [3.05, 3.63) is 17.0 Å². The summed E-state index contributed by atoms with van der Waals surface area (Å²) in [5, 5.41) is 7.38. The number of aryl methyl sites for hydroxylation is 2. The van der Waals surface area contributed by atoms with Gasteiger partial charge in [-0.15, -0.1) is 0 Å². The van der Waals surface area contributed by atoms with Crippen molar-refractivity contribution < 1.29 is 4.79 Å². The van der Waals surface area contributed by atoms with Crippen molar-refractivity contribution in [2.75, 3.05) is 0 Å². The van der Waals surface area contributed by atoms with E-state index in [0.29, 0.717) is 11.6 Å². The molecular formula is C13H22N4O. The van der Waals surface area contributed by atoms with E-state index < -0.39 is 0 Å². The molecule has 18 heavy (non-hydrogen) atoms. The predicted molar refractivity (Wildman–Crippen MR) is 70.4 cm³/mol. The maximum Gasteiger partial charge on any atom is 0.255 e. The maximum atomic E-state index is 12.3. The molecule has 1 fully saturated rings. The molecule has 1 heterocycles. The molecule has 0 radical (unpaired) electrons. The van der Waals surface area contributed by atoms with Crippen molar-refractivity contribution in [3.63, 3.8) is 0 Å². The van der Waals surface area contributed by atoms with Gasteiger partial charge in [-0.1, -0.05) is 0 Å². The lowest BCUT2D eigenvalue weighted by atomic mass is 9.91. The van der Waals surface area contributed by atoms with Gasteiger partial charge in [0.05, 0.1) is 11.3 Å². The number of hydrogen-bond acceptors (Lipinski definition) is 3. The van der Waals surface area contributed by atoms with Gasteiger partial charge in [0.25, 0.3) is 5.91 Å². The molecule has 0 aromatic carbocycles. The van der Waals surface area contributed by atoms with Gasteiger partial charge in [0.15, 0.2) is 0 Å². The molecule has 100 valence electrons. The zero-order valence-corrected chi connectivity index (χ0v) is 11.4. The number of rotatable bonds is 2. The number of nitrogens with two attached hydrogens (primary N) is 1. The van der Waals surface area contributed by atoms with E-state index in [2.05, 4.69) is 10.4 Å². The predicted octanol–water partition coefficient (Wildman–Crippen LogP) is 1.04. The van der Waals surface area contributed by atoms with Gasteiger partial charge in [0.2, 0.25) is 0 Å². The Morgan fingerprint density at radius 3 is 2.44 bits per heavy atom. The molecule has 5 nitrogen and oxygen atoms in total. The molecule has 0 unspecified atom stereocenters. The van der Waals surface area contributed by atoms with Crippen LogP contribution in [0.3, 0.4) is 0 Å². The van der Waals surface area contributed by atoms with E-state index >= 15 is 0 Å². The van der Waals surface area contributed by atoms with Crippen LogP contribution in [0.4, 0.5) is 0 Å². The van der Waals surface area contributed by atoms with Gasteiger partial charge in [-0.25, -0.2) is 0 Å². The summed E-state index contributed by atoms with van der Waals surface area (Å²) < 4.78 is 1.75. The molecule has 1 aliphatic carbocycles. The van der Waals surface area contributed by atoms with E-state index in [0.717, 1.165) is 37.1 Å². The Hall–Kier alpha value is -1.36. The van der Waals surface area contributed by atoms with Crippen LogP contribution < -0.4 is 11.1 Å². The monoisotopic (exact) mass is 250 g/mol. The fourth-order valence-corrected chi connectivity index (χ4v) is 2.62. The molecule has 1 amide bonds. The van der Waals surface area contributed by atoms with Gasteiger partial charge >= 0.3 is 0 Å². The number of amides is 1. The van der Waals surface area contributed by atoms with E-state index in [1.165, 1.54) is 0 Å². The molecule has 1 aliphatic rings. The molecule has 1 saturated carbocycles. The Bertz CT molecular complexity index is 444. The highest BCUT2D eigenvalue weighted by Gasteiger charge is 2.23. The van der Waals surface area contributed by atoms with E-state index in [1.807, 2.05) is 20.9 Å². The van der Waals surface area contributed by atoms with Crippen LogP contribution in [0.2, 0.25) is 0 Å². The second kappa shape index (κ2) is 5.10. The Labute approximate surface area is 108 Å². The highest BCUT2D eigenvalue weighted by atomic mass is 16.1. The van der Waals surface area contributed by atoms with Crippen LogP contribution in [0, 0.1) is 13.8 Å². The number of nitrogens with one attached hydrogen (secondary N) is 1. The SMILES string of the molecule is Cc1nn(C)c(C)c1C(=O)NC1CCC(N)CC1. The first-order valence-electron chi connectivity index (χ1n) is 6.55. The number of carbonyl (C=O) groups excluding carboxylic acids is 1. The Kier molecular flexibility index (Phi) is 3.71. The fraction of sp³-hybridized carbons (Fsp3) is 0.692. The maximum absolute atomic E-state index is 12.3. The van der Waals surface area contributed by atoms with Gasteiger partial charge < -0.3 is 11.1 Å². The van der Waals surface area contributed by atoms with Crippen molar-refractivity contribution in [2.45, 2.75) is 51.6 Å². The smallest absolute Gasteiger partial charge is 0.255 e. The van der Waals surface area contributed by atoms with Crippen LogP contribution in [0.1, 0.15) is 47.4 Å². The first-order valence-corrected chi connectivity index (χ1v) is 6.55. The summed E-state index contributed by atoms with van der Waals surface area (Å²) in [4.78, 5) is 12.3. The quantitative estimate of drug-likeness (QED) is 0.823. The van der Waals surface area contributed by atoms with Crippen LogP contribution in [-0.4, -0.2) is 27.8 Å².